The molecule has 1 heterocycles. The highest BCUT2D eigenvalue weighted by Gasteiger charge is 2.23. The molecule has 1 aliphatic heterocycles. The van der Waals surface area contributed by atoms with Gasteiger partial charge in [-0.2, -0.15) is 0 Å². The first-order valence-corrected chi connectivity index (χ1v) is 7.93. The fourth-order valence-corrected chi connectivity index (χ4v) is 3.14. The SMILES string of the molecule is CCN(CC1CCNCC1)C(C)c1cc(F)c(C)cc1F. The average Bonchev–Trinajstić information content (AvgIpc) is 2.49. The minimum absolute atomic E-state index is 0.0972. The molecule has 1 atom stereocenters. The smallest absolute Gasteiger partial charge is 0.128 e. The lowest BCUT2D eigenvalue weighted by Gasteiger charge is -2.33. The van der Waals surface area contributed by atoms with Gasteiger partial charge in [-0.1, -0.05) is 6.92 Å². The van der Waals surface area contributed by atoms with Crippen LogP contribution in [0.2, 0.25) is 0 Å². The average molecular weight is 296 g/mol. The zero-order chi connectivity index (χ0) is 15.4. The Bertz CT molecular complexity index is 470. The molecule has 21 heavy (non-hydrogen) atoms. The van der Waals surface area contributed by atoms with Crippen LogP contribution in [-0.4, -0.2) is 31.1 Å². The standard InChI is InChI=1S/C17H26F2N2/c1-4-21(11-14-5-7-20-8-6-14)13(3)15-10-16(18)12(2)9-17(15)19/h9-10,13-14,20H,4-8,11H2,1-3H3. The van der Waals surface area contributed by atoms with Crippen LogP contribution < -0.4 is 5.32 Å². The maximum Gasteiger partial charge on any atom is 0.128 e. The third kappa shape index (κ3) is 4.01. The van der Waals surface area contributed by atoms with Crippen molar-refractivity contribution >= 4 is 0 Å². The van der Waals surface area contributed by atoms with E-state index in [9.17, 15) is 8.78 Å². The molecule has 0 aromatic heterocycles. The molecule has 1 aliphatic rings. The summed E-state index contributed by atoms with van der Waals surface area (Å²) in [6, 6.07) is 2.57. The van der Waals surface area contributed by atoms with Crippen LogP contribution in [0.25, 0.3) is 0 Å². The predicted molar refractivity (Wildman–Crippen MR) is 82.4 cm³/mol. The van der Waals surface area contributed by atoms with Gasteiger partial charge in [0.15, 0.2) is 0 Å². The third-order valence-electron chi connectivity index (χ3n) is 4.63. The van der Waals surface area contributed by atoms with E-state index in [1.165, 1.54) is 12.1 Å². The highest BCUT2D eigenvalue weighted by atomic mass is 19.1. The molecule has 2 nitrogen and oxygen atoms in total. The van der Waals surface area contributed by atoms with E-state index in [1.54, 1.807) is 6.92 Å². The number of nitrogens with one attached hydrogen (secondary N) is 1. The number of aryl methyl sites for hydroxylation is 1. The van der Waals surface area contributed by atoms with Crippen LogP contribution in [0.1, 0.15) is 43.9 Å². The number of rotatable bonds is 5. The summed E-state index contributed by atoms with van der Waals surface area (Å²) in [6.07, 6.45) is 2.32. The molecule has 0 saturated carbocycles. The highest BCUT2D eigenvalue weighted by Crippen LogP contribution is 2.27. The van der Waals surface area contributed by atoms with Gasteiger partial charge in [0.2, 0.25) is 0 Å². The zero-order valence-corrected chi connectivity index (χ0v) is 13.3. The predicted octanol–water partition coefficient (Wildman–Crippen LogP) is 3.66. The van der Waals surface area contributed by atoms with Crippen molar-refractivity contribution in [1.82, 2.24) is 10.2 Å². The normalized spacial score (nSPS) is 18.2. The summed E-state index contributed by atoms with van der Waals surface area (Å²) < 4.78 is 27.9. The number of hydrogen-bond donors (Lipinski definition) is 1. The van der Waals surface area contributed by atoms with E-state index in [4.69, 9.17) is 0 Å². The van der Waals surface area contributed by atoms with Gasteiger partial charge >= 0.3 is 0 Å². The molecule has 1 unspecified atom stereocenters. The molecule has 1 N–H and O–H groups in total. The number of piperidine rings is 1. The van der Waals surface area contributed by atoms with E-state index in [-0.39, 0.29) is 17.7 Å². The molecule has 1 saturated heterocycles. The van der Waals surface area contributed by atoms with E-state index < -0.39 is 0 Å². The van der Waals surface area contributed by atoms with Crippen LogP contribution in [0.5, 0.6) is 0 Å². The van der Waals surface area contributed by atoms with Gasteiger partial charge in [0.25, 0.3) is 0 Å². The van der Waals surface area contributed by atoms with Crippen LogP contribution in [0.15, 0.2) is 12.1 Å². The van der Waals surface area contributed by atoms with Crippen LogP contribution >= 0.6 is 0 Å². The maximum absolute atomic E-state index is 14.2. The first-order valence-electron chi connectivity index (χ1n) is 7.93. The Balaban J connectivity index is 2.11. The summed E-state index contributed by atoms with van der Waals surface area (Å²) in [6.45, 7) is 9.57. The topological polar surface area (TPSA) is 15.3 Å². The quantitative estimate of drug-likeness (QED) is 0.892. The molecule has 1 aromatic rings. The Kier molecular flexibility index (Phi) is 5.71. The van der Waals surface area contributed by atoms with E-state index in [0.717, 1.165) is 39.0 Å². The zero-order valence-electron chi connectivity index (χ0n) is 13.3. The molecule has 2 rings (SSSR count). The van der Waals surface area contributed by atoms with E-state index in [2.05, 4.69) is 17.1 Å². The second-order valence-corrected chi connectivity index (χ2v) is 6.08. The molecule has 0 aliphatic carbocycles. The Morgan fingerprint density at radius 2 is 1.90 bits per heavy atom. The molecule has 0 amide bonds. The second-order valence-electron chi connectivity index (χ2n) is 6.08. The summed E-state index contributed by atoms with van der Waals surface area (Å²) in [4.78, 5) is 2.25. The minimum Gasteiger partial charge on any atom is -0.317 e. The van der Waals surface area contributed by atoms with Gasteiger partial charge in [-0.15, -0.1) is 0 Å². The van der Waals surface area contributed by atoms with E-state index >= 15 is 0 Å². The van der Waals surface area contributed by atoms with E-state index in [1.807, 2.05) is 6.92 Å². The molecule has 118 valence electrons. The molecule has 0 bridgehead atoms. The number of hydrogen-bond acceptors (Lipinski definition) is 2. The molecular formula is C17H26F2N2. The van der Waals surface area contributed by atoms with Crippen molar-refractivity contribution in [2.45, 2.75) is 39.7 Å². The molecule has 0 radical (unpaired) electrons. The largest absolute Gasteiger partial charge is 0.317 e. The lowest BCUT2D eigenvalue weighted by Crippen LogP contribution is -2.37. The van der Waals surface area contributed by atoms with Crippen molar-refractivity contribution in [3.05, 3.63) is 34.9 Å². The minimum atomic E-state index is -0.323. The summed E-state index contributed by atoms with van der Waals surface area (Å²) in [5, 5.41) is 3.36. The van der Waals surface area contributed by atoms with Crippen LogP contribution in [0, 0.1) is 24.5 Å². The van der Waals surface area contributed by atoms with E-state index in [0.29, 0.717) is 17.0 Å². The van der Waals surface area contributed by atoms with Gasteiger partial charge in [-0.25, -0.2) is 8.78 Å². The summed E-state index contributed by atoms with van der Waals surface area (Å²) in [5.41, 5.74) is 0.832. The first-order chi connectivity index (χ1) is 10.0. The van der Waals surface area contributed by atoms with Gasteiger partial charge in [-0.05, 0) is 69.9 Å². The fourth-order valence-electron chi connectivity index (χ4n) is 3.14. The van der Waals surface area contributed by atoms with Crippen molar-refractivity contribution in [1.29, 1.82) is 0 Å². The third-order valence-corrected chi connectivity index (χ3v) is 4.63. The molecule has 1 fully saturated rings. The lowest BCUT2D eigenvalue weighted by molar-refractivity contribution is 0.166. The Labute approximate surface area is 126 Å². The molecule has 0 spiro atoms. The maximum atomic E-state index is 14.2. The van der Waals surface area contributed by atoms with Crippen molar-refractivity contribution in [2.75, 3.05) is 26.2 Å². The van der Waals surface area contributed by atoms with Crippen molar-refractivity contribution < 1.29 is 8.78 Å². The Morgan fingerprint density at radius 1 is 1.24 bits per heavy atom. The summed E-state index contributed by atoms with van der Waals surface area (Å²) in [5.74, 6) is 0.0216. The first kappa shape index (κ1) is 16.4. The number of nitrogens with zero attached hydrogens (tertiary/aromatic N) is 1. The summed E-state index contributed by atoms with van der Waals surface area (Å²) >= 11 is 0. The molecular weight excluding hydrogens is 270 g/mol. The highest BCUT2D eigenvalue weighted by molar-refractivity contribution is 5.27. The summed E-state index contributed by atoms with van der Waals surface area (Å²) in [7, 11) is 0. The lowest BCUT2D eigenvalue weighted by atomic mass is 9.95. The molecule has 1 aromatic carbocycles. The Morgan fingerprint density at radius 3 is 2.52 bits per heavy atom. The van der Waals surface area contributed by atoms with Crippen LogP contribution in [0.4, 0.5) is 8.78 Å². The van der Waals surface area contributed by atoms with Crippen LogP contribution in [0.3, 0.4) is 0 Å². The van der Waals surface area contributed by atoms with Gasteiger partial charge in [0.05, 0.1) is 0 Å². The number of halogens is 2. The second kappa shape index (κ2) is 7.32. The van der Waals surface area contributed by atoms with Crippen molar-refractivity contribution in [3.8, 4) is 0 Å². The van der Waals surface area contributed by atoms with Gasteiger partial charge in [-0.3, -0.25) is 4.90 Å². The number of benzene rings is 1. The fraction of sp³-hybridized carbons (Fsp3) is 0.647. The van der Waals surface area contributed by atoms with Gasteiger partial charge < -0.3 is 5.32 Å². The van der Waals surface area contributed by atoms with Crippen molar-refractivity contribution in [2.24, 2.45) is 5.92 Å². The van der Waals surface area contributed by atoms with Crippen molar-refractivity contribution in [3.63, 3.8) is 0 Å². The monoisotopic (exact) mass is 296 g/mol. The van der Waals surface area contributed by atoms with Crippen LogP contribution in [-0.2, 0) is 0 Å². The Hall–Kier alpha value is -1.00. The molecule has 4 heteroatoms. The van der Waals surface area contributed by atoms with Gasteiger partial charge in [0.1, 0.15) is 11.6 Å². The van der Waals surface area contributed by atoms with Gasteiger partial charge in [0, 0.05) is 18.2 Å².